The maximum absolute atomic E-state index is 11.6. The zero-order chi connectivity index (χ0) is 15.0. The Morgan fingerprint density at radius 1 is 1.25 bits per heavy atom. The molecule has 0 aromatic carbocycles. The van der Waals surface area contributed by atoms with Gasteiger partial charge < -0.3 is 15.4 Å². The Balaban J connectivity index is 2.16. The first-order valence-electron chi connectivity index (χ1n) is 6.50. The molecule has 6 heteroatoms. The van der Waals surface area contributed by atoms with E-state index in [1.807, 2.05) is 18.2 Å². The van der Waals surface area contributed by atoms with Gasteiger partial charge in [-0.25, -0.2) is 4.79 Å². The van der Waals surface area contributed by atoms with Crippen molar-refractivity contribution in [1.82, 2.24) is 15.6 Å². The summed E-state index contributed by atoms with van der Waals surface area (Å²) in [6.07, 6.45) is 1.35. The highest BCUT2D eigenvalue weighted by Gasteiger charge is 2.15. The number of hydrogen-bond acceptors (Lipinski definition) is 4. The average molecular weight is 279 g/mol. The molecule has 6 nitrogen and oxygen atoms in total. The molecular weight excluding hydrogens is 258 g/mol. The Morgan fingerprint density at radius 3 is 2.60 bits per heavy atom. The van der Waals surface area contributed by atoms with Gasteiger partial charge in [0, 0.05) is 19.2 Å². The molecule has 0 aliphatic carbocycles. The van der Waals surface area contributed by atoms with Gasteiger partial charge in [-0.2, -0.15) is 0 Å². The van der Waals surface area contributed by atoms with Gasteiger partial charge in [-0.1, -0.05) is 6.07 Å². The molecule has 2 amide bonds. The van der Waals surface area contributed by atoms with Crippen LogP contribution in [0.2, 0.25) is 0 Å². The Morgan fingerprint density at radius 2 is 2.00 bits per heavy atom. The van der Waals surface area contributed by atoms with Crippen molar-refractivity contribution in [2.45, 2.75) is 39.3 Å². The largest absolute Gasteiger partial charge is 0.444 e. The number of rotatable bonds is 5. The molecule has 1 rings (SSSR count). The molecular formula is C14H21N3O3. The molecule has 0 unspecified atom stereocenters. The van der Waals surface area contributed by atoms with Crippen LogP contribution >= 0.6 is 0 Å². The molecule has 1 heterocycles. The molecule has 0 spiro atoms. The minimum Gasteiger partial charge on any atom is -0.444 e. The number of amides is 2. The van der Waals surface area contributed by atoms with Crippen molar-refractivity contribution >= 4 is 12.0 Å². The van der Waals surface area contributed by atoms with Crippen molar-refractivity contribution in [2.24, 2.45) is 0 Å². The summed E-state index contributed by atoms with van der Waals surface area (Å²) in [5.41, 5.74) is 0.256. The number of pyridine rings is 1. The number of carbonyl (C=O) groups excluding carboxylic acids is 2. The van der Waals surface area contributed by atoms with Crippen molar-refractivity contribution < 1.29 is 14.3 Å². The lowest BCUT2D eigenvalue weighted by Crippen LogP contribution is -2.35. The molecule has 110 valence electrons. The van der Waals surface area contributed by atoms with E-state index in [1.54, 1.807) is 27.0 Å². The molecule has 0 saturated heterocycles. The van der Waals surface area contributed by atoms with Crippen LogP contribution in [-0.4, -0.2) is 29.1 Å². The third kappa shape index (κ3) is 7.35. The number of ether oxygens (including phenoxy) is 1. The van der Waals surface area contributed by atoms with Gasteiger partial charge in [0.2, 0.25) is 5.91 Å². The van der Waals surface area contributed by atoms with Gasteiger partial charge in [-0.15, -0.1) is 0 Å². The molecule has 0 fully saturated rings. The Hall–Kier alpha value is -2.11. The number of nitrogens with one attached hydrogen (secondary N) is 2. The number of carbonyl (C=O) groups is 2. The van der Waals surface area contributed by atoms with E-state index in [4.69, 9.17) is 4.74 Å². The summed E-state index contributed by atoms with van der Waals surface area (Å²) >= 11 is 0. The monoisotopic (exact) mass is 279 g/mol. The fraction of sp³-hybridized carbons (Fsp3) is 0.500. The Bertz CT molecular complexity index is 441. The molecule has 0 saturated carbocycles. The van der Waals surface area contributed by atoms with Crippen LogP contribution in [0.25, 0.3) is 0 Å². The van der Waals surface area contributed by atoms with E-state index in [-0.39, 0.29) is 18.9 Å². The van der Waals surface area contributed by atoms with Crippen LogP contribution in [0.5, 0.6) is 0 Å². The highest BCUT2D eigenvalue weighted by atomic mass is 16.6. The van der Waals surface area contributed by atoms with Crippen LogP contribution in [-0.2, 0) is 16.1 Å². The number of aromatic nitrogens is 1. The molecule has 20 heavy (non-hydrogen) atoms. The minimum absolute atomic E-state index is 0.147. The maximum Gasteiger partial charge on any atom is 0.407 e. The topological polar surface area (TPSA) is 80.3 Å². The molecule has 2 N–H and O–H groups in total. The molecule has 1 aromatic rings. The van der Waals surface area contributed by atoms with Crippen LogP contribution < -0.4 is 10.6 Å². The quantitative estimate of drug-likeness (QED) is 0.858. The van der Waals surface area contributed by atoms with Crippen LogP contribution in [0.1, 0.15) is 32.9 Å². The summed E-state index contributed by atoms with van der Waals surface area (Å²) in [5.74, 6) is -0.147. The van der Waals surface area contributed by atoms with Crippen molar-refractivity contribution in [3.8, 4) is 0 Å². The van der Waals surface area contributed by atoms with Crippen molar-refractivity contribution in [1.29, 1.82) is 0 Å². The van der Waals surface area contributed by atoms with Gasteiger partial charge in [0.25, 0.3) is 0 Å². The first-order chi connectivity index (χ1) is 9.37. The summed E-state index contributed by atoms with van der Waals surface area (Å²) < 4.78 is 5.06. The summed E-state index contributed by atoms with van der Waals surface area (Å²) in [7, 11) is 0. The van der Waals surface area contributed by atoms with Crippen molar-refractivity contribution in [2.75, 3.05) is 6.54 Å². The highest BCUT2D eigenvalue weighted by molar-refractivity contribution is 5.76. The first-order valence-corrected chi connectivity index (χ1v) is 6.50. The van der Waals surface area contributed by atoms with Crippen LogP contribution in [0, 0.1) is 0 Å². The lowest BCUT2D eigenvalue weighted by atomic mass is 10.2. The van der Waals surface area contributed by atoms with Crippen molar-refractivity contribution in [3.05, 3.63) is 30.1 Å². The van der Waals surface area contributed by atoms with E-state index in [1.165, 1.54) is 0 Å². The van der Waals surface area contributed by atoms with E-state index >= 15 is 0 Å². The summed E-state index contributed by atoms with van der Waals surface area (Å²) in [4.78, 5) is 27.0. The van der Waals surface area contributed by atoms with Crippen molar-refractivity contribution in [3.63, 3.8) is 0 Å². The molecule has 0 aliphatic heterocycles. The third-order valence-corrected chi connectivity index (χ3v) is 2.21. The standard InChI is InChI=1S/C14H21N3O3/c1-14(2,3)20-13(19)16-9-7-12(18)17-10-11-6-4-5-8-15-11/h4-6,8H,7,9-10H2,1-3H3,(H,16,19)(H,17,18). The van der Waals surface area contributed by atoms with Gasteiger partial charge in [0.1, 0.15) is 5.60 Å². The van der Waals surface area contributed by atoms with Gasteiger partial charge in [-0.3, -0.25) is 9.78 Å². The van der Waals surface area contributed by atoms with Crippen LogP contribution in [0.15, 0.2) is 24.4 Å². The van der Waals surface area contributed by atoms with E-state index in [2.05, 4.69) is 15.6 Å². The maximum atomic E-state index is 11.6. The second kappa shape index (κ2) is 7.47. The van der Waals surface area contributed by atoms with Gasteiger partial charge in [0.15, 0.2) is 0 Å². The van der Waals surface area contributed by atoms with Gasteiger partial charge in [0.05, 0.1) is 12.2 Å². The third-order valence-electron chi connectivity index (χ3n) is 2.21. The SMILES string of the molecule is CC(C)(C)OC(=O)NCCC(=O)NCc1ccccn1. The molecule has 0 radical (unpaired) electrons. The Kier molecular flexibility index (Phi) is 5.96. The minimum atomic E-state index is -0.536. The summed E-state index contributed by atoms with van der Waals surface area (Å²) in [6, 6.07) is 5.51. The van der Waals surface area contributed by atoms with Crippen LogP contribution in [0.3, 0.4) is 0 Å². The number of nitrogens with zero attached hydrogens (tertiary/aromatic N) is 1. The lowest BCUT2D eigenvalue weighted by Gasteiger charge is -2.19. The fourth-order valence-electron chi connectivity index (χ4n) is 1.37. The van der Waals surface area contributed by atoms with Gasteiger partial charge in [-0.05, 0) is 32.9 Å². The number of hydrogen-bond donors (Lipinski definition) is 2. The second-order valence-electron chi connectivity index (χ2n) is 5.28. The zero-order valence-electron chi connectivity index (χ0n) is 12.1. The predicted octanol–water partition coefficient (Wildman–Crippen LogP) is 1.61. The highest BCUT2D eigenvalue weighted by Crippen LogP contribution is 2.06. The molecule has 0 atom stereocenters. The summed E-state index contributed by atoms with van der Waals surface area (Å²) in [5, 5.41) is 5.26. The van der Waals surface area contributed by atoms with Gasteiger partial charge >= 0.3 is 6.09 Å². The fourth-order valence-corrected chi connectivity index (χ4v) is 1.37. The summed E-state index contributed by atoms with van der Waals surface area (Å²) in [6.45, 7) is 5.97. The zero-order valence-corrected chi connectivity index (χ0v) is 12.1. The first kappa shape index (κ1) is 15.9. The van der Waals surface area contributed by atoms with E-state index in [9.17, 15) is 9.59 Å². The van der Waals surface area contributed by atoms with E-state index < -0.39 is 11.7 Å². The molecule has 1 aromatic heterocycles. The van der Waals surface area contributed by atoms with E-state index in [0.717, 1.165) is 5.69 Å². The van der Waals surface area contributed by atoms with E-state index in [0.29, 0.717) is 6.54 Å². The smallest absolute Gasteiger partial charge is 0.407 e. The predicted molar refractivity (Wildman–Crippen MR) is 74.9 cm³/mol. The normalized spacial score (nSPS) is 10.8. The molecule has 0 bridgehead atoms. The average Bonchev–Trinajstić information content (AvgIpc) is 2.35. The number of alkyl carbamates (subject to hydrolysis) is 1. The Labute approximate surface area is 118 Å². The van der Waals surface area contributed by atoms with Crippen LogP contribution in [0.4, 0.5) is 4.79 Å². The second-order valence-corrected chi connectivity index (χ2v) is 5.28. The molecule has 0 aliphatic rings. The lowest BCUT2D eigenvalue weighted by molar-refractivity contribution is -0.121.